The molecule has 3 unspecified atom stereocenters. The van der Waals surface area contributed by atoms with Gasteiger partial charge in [0.15, 0.2) is 21.5 Å². The number of nitrogens with one attached hydrogen (secondary N) is 2. The van der Waals surface area contributed by atoms with Crippen LogP contribution in [0.3, 0.4) is 0 Å². The Morgan fingerprint density at radius 1 is 1.05 bits per heavy atom. The molecule has 40 heavy (non-hydrogen) atoms. The molecule has 0 heterocycles. The monoisotopic (exact) mass is 622 g/mol. The maximum absolute atomic E-state index is 13.7. The molecule has 5 N–H and O–H groups in total. The number of halogens is 3. The first kappa shape index (κ1) is 30.8. The summed E-state index contributed by atoms with van der Waals surface area (Å²) >= 11 is 6.23. The Kier molecular flexibility index (Phi) is 8.64. The van der Waals surface area contributed by atoms with E-state index in [0.29, 0.717) is 12.8 Å². The fourth-order valence-electron chi connectivity index (χ4n) is 5.75. The van der Waals surface area contributed by atoms with Gasteiger partial charge in [-0.25, -0.2) is 30.3 Å². The summed E-state index contributed by atoms with van der Waals surface area (Å²) in [6.07, 6.45) is -1.86. The molecule has 0 saturated heterocycles. The van der Waals surface area contributed by atoms with Crippen molar-refractivity contribution in [3.63, 3.8) is 0 Å². The molecule has 0 radical (unpaired) electrons. The zero-order valence-corrected chi connectivity index (χ0v) is 23.6. The summed E-state index contributed by atoms with van der Waals surface area (Å²) in [5.41, 5.74) is -1.97. The zero-order valence-electron chi connectivity index (χ0n) is 21.2. The lowest BCUT2D eigenvalue weighted by molar-refractivity contribution is -0.174. The number of fused-ring (bicyclic) bond motifs is 2. The molecule has 6 atom stereocenters. The number of hydrogen-bond acceptors (Lipinski definition) is 8. The van der Waals surface area contributed by atoms with E-state index in [1.54, 1.807) is 0 Å². The van der Waals surface area contributed by atoms with Crippen LogP contribution < -0.4 is 10.0 Å². The molecule has 0 spiro atoms. The van der Waals surface area contributed by atoms with Gasteiger partial charge in [-0.1, -0.05) is 11.6 Å². The Balaban J connectivity index is 1.54. The van der Waals surface area contributed by atoms with Crippen molar-refractivity contribution < 1.29 is 45.7 Å². The molecule has 0 aliphatic heterocycles. The lowest BCUT2D eigenvalue weighted by Crippen LogP contribution is -2.60. The molecule has 2 bridgehead atoms. The molecular formula is C25H29ClF2N2O8S2. The fraction of sp³-hybridized carbons (Fsp3) is 0.480. The van der Waals surface area contributed by atoms with Crippen LogP contribution in [0, 0.1) is 23.5 Å². The summed E-state index contributed by atoms with van der Waals surface area (Å²) in [4.78, 5) is 12.4. The van der Waals surface area contributed by atoms with Crippen molar-refractivity contribution in [3.05, 3.63) is 58.6 Å². The highest BCUT2D eigenvalue weighted by Gasteiger charge is 2.60. The van der Waals surface area contributed by atoms with Gasteiger partial charge in [0.2, 0.25) is 10.0 Å². The Morgan fingerprint density at radius 3 is 2.25 bits per heavy atom. The van der Waals surface area contributed by atoms with Crippen molar-refractivity contribution >= 4 is 43.1 Å². The van der Waals surface area contributed by atoms with Gasteiger partial charge >= 0.3 is 0 Å². The minimum atomic E-state index is -4.15. The Morgan fingerprint density at radius 2 is 1.68 bits per heavy atom. The molecule has 4 rings (SSSR count). The number of benzene rings is 2. The van der Waals surface area contributed by atoms with E-state index in [1.807, 2.05) is 0 Å². The number of anilines is 1. The molecule has 2 aromatic carbocycles. The summed E-state index contributed by atoms with van der Waals surface area (Å²) in [6, 6.07) is 6.36. The molecule has 2 saturated carbocycles. The molecule has 15 heteroatoms. The zero-order chi connectivity index (χ0) is 29.6. The van der Waals surface area contributed by atoms with Crippen LogP contribution in [0.25, 0.3) is 0 Å². The minimum absolute atomic E-state index is 0.0427. The first-order chi connectivity index (χ1) is 18.5. The highest BCUT2D eigenvalue weighted by molar-refractivity contribution is 7.92. The Hall–Kier alpha value is -2.20. The first-order valence-electron chi connectivity index (χ1n) is 12.4. The summed E-state index contributed by atoms with van der Waals surface area (Å²) in [7, 11) is -7.82. The van der Waals surface area contributed by atoms with Crippen LogP contribution in [0.5, 0.6) is 0 Å². The SMILES string of the molecule is CS(=O)(=O)NCC(O)C(O)[C@]1(O)C2CC[C@H]1C[C@H](S(=O)(=O)c1cc(C(=O)Nc3ccc(F)c(F)c3)ccc1Cl)C2. The summed E-state index contributed by atoms with van der Waals surface area (Å²) in [5.74, 6) is -4.48. The van der Waals surface area contributed by atoms with Crippen LogP contribution in [0.15, 0.2) is 41.3 Å². The van der Waals surface area contributed by atoms with Crippen molar-refractivity contribution in [1.29, 1.82) is 0 Å². The molecule has 2 aromatic rings. The van der Waals surface area contributed by atoms with Crippen molar-refractivity contribution in [2.24, 2.45) is 11.8 Å². The van der Waals surface area contributed by atoms with Crippen molar-refractivity contribution in [3.8, 4) is 0 Å². The number of carbonyl (C=O) groups is 1. The summed E-state index contributed by atoms with van der Waals surface area (Å²) in [6.45, 7) is -0.529. The molecule has 10 nitrogen and oxygen atoms in total. The second-order valence-electron chi connectivity index (χ2n) is 10.4. The molecule has 1 amide bonds. The van der Waals surface area contributed by atoms with E-state index in [0.717, 1.165) is 30.5 Å². The number of amides is 1. The van der Waals surface area contributed by atoms with Crippen molar-refractivity contribution in [1.82, 2.24) is 4.72 Å². The van der Waals surface area contributed by atoms with Crippen molar-refractivity contribution in [2.45, 2.75) is 53.6 Å². The average molecular weight is 623 g/mol. The van der Waals surface area contributed by atoms with Gasteiger partial charge in [0.05, 0.1) is 33.1 Å². The lowest BCUT2D eigenvalue weighted by Gasteiger charge is -2.46. The minimum Gasteiger partial charge on any atom is -0.389 e. The molecule has 2 aliphatic rings. The maximum Gasteiger partial charge on any atom is 0.255 e. The Labute approximate surface area is 235 Å². The summed E-state index contributed by atoms with van der Waals surface area (Å²) < 4.78 is 78.9. The molecular weight excluding hydrogens is 594 g/mol. The molecule has 0 aromatic heterocycles. The summed E-state index contributed by atoms with van der Waals surface area (Å²) in [5, 5.41) is 33.8. The van der Waals surface area contributed by atoms with Crippen LogP contribution in [-0.4, -0.2) is 73.9 Å². The van der Waals surface area contributed by atoms with Crippen LogP contribution >= 0.6 is 11.6 Å². The van der Waals surface area contributed by atoms with Crippen LogP contribution in [-0.2, 0) is 19.9 Å². The third-order valence-electron chi connectivity index (χ3n) is 7.78. The Bertz CT molecular complexity index is 1510. The van der Waals surface area contributed by atoms with Gasteiger partial charge in [0.25, 0.3) is 5.91 Å². The largest absolute Gasteiger partial charge is 0.389 e. The topological polar surface area (TPSA) is 170 Å². The van der Waals surface area contributed by atoms with Gasteiger partial charge in [0.1, 0.15) is 6.10 Å². The smallest absolute Gasteiger partial charge is 0.255 e. The van der Waals surface area contributed by atoms with E-state index in [9.17, 15) is 45.7 Å². The van der Waals surface area contributed by atoms with E-state index in [4.69, 9.17) is 11.6 Å². The first-order valence-corrected chi connectivity index (χ1v) is 16.2. The average Bonchev–Trinajstić information content (AvgIpc) is 3.04. The maximum atomic E-state index is 13.7. The highest BCUT2D eigenvalue weighted by atomic mass is 35.5. The van der Waals surface area contributed by atoms with Crippen LogP contribution in [0.1, 0.15) is 36.0 Å². The normalized spacial score (nSPS) is 26.3. The number of carbonyl (C=O) groups excluding carboxylic acids is 1. The van der Waals surface area contributed by atoms with Gasteiger partial charge in [-0.2, -0.15) is 0 Å². The van der Waals surface area contributed by atoms with E-state index in [-0.39, 0.29) is 34.0 Å². The van der Waals surface area contributed by atoms with Gasteiger partial charge in [-0.05, 0) is 67.9 Å². The van der Waals surface area contributed by atoms with Crippen LogP contribution in [0.2, 0.25) is 5.02 Å². The number of rotatable bonds is 9. The number of aliphatic hydroxyl groups excluding tert-OH is 2. The van der Waals surface area contributed by atoms with Crippen LogP contribution in [0.4, 0.5) is 14.5 Å². The third kappa shape index (κ3) is 6.03. The number of hydrogen-bond donors (Lipinski definition) is 5. The van der Waals surface area contributed by atoms with Gasteiger partial charge < -0.3 is 20.6 Å². The van der Waals surface area contributed by atoms with Gasteiger partial charge in [0, 0.05) is 23.9 Å². The third-order valence-corrected chi connectivity index (χ3v) is 11.1. The fourth-order valence-corrected chi connectivity index (χ4v) is 8.63. The van der Waals surface area contributed by atoms with E-state index < -0.39 is 78.8 Å². The number of sulfone groups is 1. The molecule has 2 fully saturated rings. The van der Waals surface area contributed by atoms with E-state index >= 15 is 0 Å². The molecule has 2 aliphatic carbocycles. The molecule has 220 valence electrons. The number of sulfonamides is 1. The predicted molar refractivity (Wildman–Crippen MR) is 142 cm³/mol. The second kappa shape index (κ2) is 11.2. The van der Waals surface area contributed by atoms with E-state index in [2.05, 4.69) is 10.0 Å². The lowest BCUT2D eigenvalue weighted by atomic mass is 9.70. The van der Waals surface area contributed by atoms with Crippen molar-refractivity contribution in [2.75, 3.05) is 18.1 Å². The number of aliphatic hydroxyl groups is 3. The quantitative estimate of drug-likeness (QED) is 0.282. The van der Waals surface area contributed by atoms with E-state index in [1.165, 1.54) is 12.1 Å². The van der Waals surface area contributed by atoms with Gasteiger partial charge in [-0.3, -0.25) is 4.79 Å². The predicted octanol–water partition coefficient (Wildman–Crippen LogP) is 1.83. The van der Waals surface area contributed by atoms with Gasteiger partial charge in [-0.15, -0.1) is 0 Å². The highest BCUT2D eigenvalue weighted by Crippen LogP contribution is 2.54. The second-order valence-corrected chi connectivity index (χ2v) is 14.8. The standard InChI is InChI=1S/C25H29ClF2N2O8S2/c1-39(35,36)29-12-21(31)23(32)25(34)14-3-4-15(25)10-17(9-14)40(37,38)22-8-13(2-6-18(22)26)24(33)30-16-5-7-19(27)20(28)11-16/h2,5-8,11,14-15,17,21,23,29,31-32,34H,3-4,9-10,12H2,1H3,(H,30,33)/t14-,15?,17-,21?,23?,25+/m0/s1.